The van der Waals surface area contributed by atoms with E-state index >= 15 is 0 Å². The van der Waals surface area contributed by atoms with Crippen molar-refractivity contribution < 1.29 is 0 Å². The first-order chi connectivity index (χ1) is 15.0. The zero-order valence-corrected chi connectivity index (χ0v) is 21.0. The minimum Gasteiger partial charge on any atom is -0.0891 e. The van der Waals surface area contributed by atoms with Crippen molar-refractivity contribution >= 4 is 11.6 Å². The van der Waals surface area contributed by atoms with Crippen LogP contribution in [0.4, 0.5) is 0 Å². The smallest absolute Gasteiger partial charge is 0.0184 e. The molecule has 172 valence electrons. The highest BCUT2D eigenvalue weighted by molar-refractivity contribution is 6.29. The van der Waals surface area contributed by atoms with E-state index in [0.717, 1.165) is 35.1 Å². The van der Waals surface area contributed by atoms with Crippen LogP contribution in [0.1, 0.15) is 109 Å². The van der Waals surface area contributed by atoms with Gasteiger partial charge in [-0.05, 0) is 86.2 Å². The molecular formula is C30H45Cl. The number of hydrogen-bond acceptors (Lipinski definition) is 0. The van der Waals surface area contributed by atoms with Gasteiger partial charge in [-0.15, -0.1) is 0 Å². The maximum atomic E-state index is 6.11. The van der Waals surface area contributed by atoms with Crippen LogP contribution in [0.5, 0.6) is 0 Å². The highest BCUT2D eigenvalue weighted by atomic mass is 35.5. The van der Waals surface area contributed by atoms with Gasteiger partial charge in [-0.25, -0.2) is 0 Å². The fourth-order valence-corrected chi connectivity index (χ4v) is 6.11. The lowest BCUT2D eigenvalue weighted by Crippen LogP contribution is -2.21. The minimum absolute atomic E-state index is 0.705. The zero-order chi connectivity index (χ0) is 22.1. The molecule has 0 saturated heterocycles. The van der Waals surface area contributed by atoms with Gasteiger partial charge in [0.1, 0.15) is 0 Å². The average Bonchev–Trinajstić information content (AvgIpc) is 2.81. The highest BCUT2D eigenvalue weighted by Crippen LogP contribution is 2.40. The second-order valence-electron chi connectivity index (χ2n) is 10.6. The quantitative estimate of drug-likeness (QED) is 0.321. The number of halogens is 1. The molecule has 2 unspecified atom stereocenters. The number of benzene rings is 1. The van der Waals surface area contributed by atoms with Crippen molar-refractivity contribution in [2.24, 2.45) is 23.7 Å². The van der Waals surface area contributed by atoms with Gasteiger partial charge < -0.3 is 0 Å². The van der Waals surface area contributed by atoms with Gasteiger partial charge >= 0.3 is 0 Å². The van der Waals surface area contributed by atoms with Gasteiger partial charge in [0.15, 0.2) is 0 Å². The maximum absolute atomic E-state index is 6.11. The summed E-state index contributed by atoms with van der Waals surface area (Å²) in [6.07, 6.45) is 20.6. The van der Waals surface area contributed by atoms with E-state index in [1.165, 1.54) is 76.2 Å². The van der Waals surface area contributed by atoms with Crippen LogP contribution in [0.2, 0.25) is 0 Å². The molecule has 2 aliphatic rings. The summed E-state index contributed by atoms with van der Waals surface area (Å²) in [5.74, 6) is 4.41. The molecule has 0 heterocycles. The molecule has 0 bridgehead atoms. The molecular weight excluding hydrogens is 396 g/mol. The third-order valence-corrected chi connectivity index (χ3v) is 8.73. The normalized spacial score (nSPS) is 24.8. The first kappa shape index (κ1) is 24.6. The summed E-state index contributed by atoms with van der Waals surface area (Å²) in [5, 5.41) is 1.02. The standard InChI is InChI=1S/C30H45Cl/c1-4-25(12-13-26-16-20-30(31)21-17-26)11-10-23(2)29-18-14-27(15-19-29)22-24(3)28-8-6-5-7-9-28/h5-9,16,20,23-25,27,29H,4,10-15,17-19,21-22H2,1-3H3/t23?,24-,25?,27?,29?/m0/s1. The predicted molar refractivity (Wildman–Crippen MR) is 138 cm³/mol. The average molecular weight is 441 g/mol. The molecule has 0 radical (unpaired) electrons. The highest BCUT2D eigenvalue weighted by Gasteiger charge is 2.26. The van der Waals surface area contributed by atoms with Gasteiger partial charge in [-0.2, -0.15) is 0 Å². The van der Waals surface area contributed by atoms with Crippen molar-refractivity contribution in [2.75, 3.05) is 0 Å². The number of allylic oxidation sites excluding steroid dienone is 4. The van der Waals surface area contributed by atoms with E-state index in [1.807, 2.05) is 0 Å². The van der Waals surface area contributed by atoms with Crippen molar-refractivity contribution in [3.8, 4) is 0 Å². The van der Waals surface area contributed by atoms with Crippen LogP contribution < -0.4 is 0 Å². The molecule has 0 amide bonds. The summed E-state index contributed by atoms with van der Waals surface area (Å²) in [6.45, 7) is 7.35. The van der Waals surface area contributed by atoms with Crippen LogP contribution in [0.25, 0.3) is 0 Å². The van der Waals surface area contributed by atoms with Crippen molar-refractivity contribution in [2.45, 2.75) is 104 Å². The van der Waals surface area contributed by atoms with Crippen molar-refractivity contribution in [3.63, 3.8) is 0 Å². The molecule has 3 atom stereocenters. The van der Waals surface area contributed by atoms with E-state index in [9.17, 15) is 0 Å². The Hall–Kier alpha value is -1.01. The molecule has 0 aromatic heterocycles. The molecule has 1 fully saturated rings. The fourth-order valence-electron chi connectivity index (χ4n) is 5.95. The minimum atomic E-state index is 0.705. The lowest BCUT2D eigenvalue weighted by molar-refractivity contribution is 0.188. The summed E-state index contributed by atoms with van der Waals surface area (Å²) in [5.41, 5.74) is 3.13. The topological polar surface area (TPSA) is 0 Å². The second kappa shape index (κ2) is 12.9. The molecule has 1 aromatic rings. The number of hydrogen-bond donors (Lipinski definition) is 0. The lowest BCUT2D eigenvalue weighted by Gasteiger charge is -2.34. The van der Waals surface area contributed by atoms with Crippen LogP contribution in [-0.4, -0.2) is 0 Å². The van der Waals surface area contributed by atoms with Crippen molar-refractivity contribution in [1.29, 1.82) is 0 Å². The monoisotopic (exact) mass is 440 g/mol. The third-order valence-electron chi connectivity index (χ3n) is 8.42. The van der Waals surface area contributed by atoms with Gasteiger partial charge in [-0.3, -0.25) is 0 Å². The van der Waals surface area contributed by atoms with Crippen LogP contribution >= 0.6 is 11.6 Å². The van der Waals surface area contributed by atoms with Gasteiger partial charge in [0.25, 0.3) is 0 Å². The maximum Gasteiger partial charge on any atom is 0.0184 e. The van der Waals surface area contributed by atoms with Crippen LogP contribution in [-0.2, 0) is 0 Å². The van der Waals surface area contributed by atoms with Crippen molar-refractivity contribution in [1.82, 2.24) is 0 Å². The van der Waals surface area contributed by atoms with E-state index < -0.39 is 0 Å². The van der Waals surface area contributed by atoms with E-state index in [2.05, 4.69) is 63.3 Å². The van der Waals surface area contributed by atoms with Crippen LogP contribution in [0.3, 0.4) is 0 Å². The molecule has 31 heavy (non-hydrogen) atoms. The van der Waals surface area contributed by atoms with Gasteiger partial charge in [0, 0.05) is 5.03 Å². The van der Waals surface area contributed by atoms with E-state index in [4.69, 9.17) is 11.6 Å². The van der Waals surface area contributed by atoms with Crippen LogP contribution in [0.15, 0.2) is 53.1 Å². The second-order valence-corrected chi connectivity index (χ2v) is 11.1. The summed E-state index contributed by atoms with van der Waals surface area (Å²) in [4.78, 5) is 0. The van der Waals surface area contributed by atoms with Gasteiger partial charge in [0.05, 0.1) is 0 Å². The zero-order valence-electron chi connectivity index (χ0n) is 20.3. The Bertz CT molecular complexity index is 692. The Balaban J connectivity index is 1.34. The van der Waals surface area contributed by atoms with E-state index in [0.29, 0.717) is 5.92 Å². The summed E-state index contributed by atoms with van der Waals surface area (Å²) < 4.78 is 0. The molecule has 3 rings (SSSR count). The first-order valence-corrected chi connectivity index (χ1v) is 13.5. The van der Waals surface area contributed by atoms with Gasteiger partial charge in [-0.1, -0.05) is 106 Å². The fraction of sp³-hybridized carbons (Fsp3) is 0.667. The third kappa shape index (κ3) is 8.12. The number of rotatable bonds is 11. The molecule has 1 aromatic carbocycles. The Labute approximate surface area is 197 Å². The molecule has 0 aliphatic heterocycles. The van der Waals surface area contributed by atoms with E-state index in [-0.39, 0.29) is 0 Å². The SMILES string of the molecule is CCC(CCC1=CC=C(Cl)CC1)CCC(C)C1CCC(C[C@H](C)c2ccccc2)CC1. The Morgan fingerprint density at radius 2 is 1.65 bits per heavy atom. The molecule has 2 aliphatic carbocycles. The molecule has 1 heteroatoms. The molecule has 1 saturated carbocycles. The Morgan fingerprint density at radius 3 is 2.29 bits per heavy atom. The summed E-state index contributed by atoms with van der Waals surface area (Å²) in [6, 6.07) is 11.1. The largest absolute Gasteiger partial charge is 0.0891 e. The Morgan fingerprint density at radius 1 is 0.903 bits per heavy atom. The van der Waals surface area contributed by atoms with Crippen LogP contribution in [0, 0.1) is 23.7 Å². The predicted octanol–water partition coefficient (Wildman–Crippen LogP) is 10.1. The molecule has 0 nitrogen and oxygen atoms in total. The van der Waals surface area contributed by atoms with E-state index in [1.54, 1.807) is 5.57 Å². The van der Waals surface area contributed by atoms with Crippen molar-refractivity contribution in [3.05, 3.63) is 58.7 Å². The molecule has 0 spiro atoms. The Kier molecular flexibility index (Phi) is 10.2. The molecule has 0 N–H and O–H groups in total. The first-order valence-electron chi connectivity index (χ1n) is 13.1. The summed E-state index contributed by atoms with van der Waals surface area (Å²) >= 11 is 6.11. The lowest BCUT2D eigenvalue weighted by atomic mass is 9.72. The summed E-state index contributed by atoms with van der Waals surface area (Å²) in [7, 11) is 0. The van der Waals surface area contributed by atoms with Gasteiger partial charge in [0.2, 0.25) is 0 Å².